The Balaban J connectivity index is 1.30. The fraction of sp³-hybridized carbons (Fsp3) is 0.318. The second kappa shape index (κ2) is 9.63. The van der Waals surface area contributed by atoms with E-state index in [9.17, 15) is 4.79 Å². The molecule has 30 heavy (non-hydrogen) atoms. The molecule has 1 saturated heterocycles. The summed E-state index contributed by atoms with van der Waals surface area (Å²) in [5, 5.41) is 3.68. The molecule has 0 unspecified atom stereocenters. The van der Waals surface area contributed by atoms with E-state index in [4.69, 9.17) is 16.3 Å². The van der Waals surface area contributed by atoms with Crippen molar-refractivity contribution in [1.29, 1.82) is 0 Å². The van der Waals surface area contributed by atoms with Crippen molar-refractivity contribution < 1.29 is 9.53 Å². The summed E-state index contributed by atoms with van der Waals surface area (Å²) in [5.41, 5.74) is 0.704. The highest BCUT2D eigenvalue weighted by molar-refractivity contribution is 6.30. The number of nitrogens with one attached hydrogen (secondary N) is 1. The van der Waals surface area contributed by atoms with Gasteiger partial charge < -0.3 is 19.5 Å². The van der Waals surface area contributed by atoms with Crippen molar-refractivity contribution in [2.45, 2.75) is 19.4 Å². The average Bonchev–Trinajstić information content (AvgIpc) is 3.29. The van der Waals surface area contributed by atoms with Crippen LogP contribution in [0.15, 0.2) is 61.3 Å². The number of rotatable bonds is 7. The van der Waals surface area contributed by atoms with Crippen LogP contribution < -0.4 is 15.0 Å². The molecule has 0 saturated carbocycles. The Morgan fingerprint density at radius 3 is 2.77 bits per heavy atom. The number of piperidine rings is 1. The molecule has 1 fully saturated rings. The van der Waals surface area contributed by atoms with Gasteiger partial charge in [0.2, 0.25) is 5.91 Å². The van der Waals surface area contributed by atoms with E-state index in [0.29, 0.717) is 29.6 Å². The monoisotopic (exact) mass is 425 g/mol. The summed E-state index contributed by atoms with van der Waals surface area (Å²) in [4.78, 5) is 23.4. The van der Waals surface area contributed by atoms with Crippen molar-refractivity contribution in [2.24, 2.45) is 5.92 Å². The number of ether oxygens (including phenoxy) is 1. The lowest BCUT2D eigenvalue weighted by atomic mass is 9.95. The molecule has 2 aromatic heterocycles. The highest BCUT2D eigenvalue weighted by Gasteiger charge is 2.26. The van der Waals surface area contributed by atoms with Gasteiger partial charge in [-0.2, -0.15) is 0 Å². The van der Waals surface area contributed by atoms with Crippen LogP contribution in [0.5, 0.6) is 5.75 Å². The molecule has 156 valence electrons. The van der Waals surface area contributed by atoms with Crippen LogP contribution in [-0.2, 0) is 11.3 Å². The maximum atomic E-state index is 12.8. The Kier molecular flexibility index (Phi) is 6.49. The van der Waals surface area contributed by atoms with Gasteiger partial charge in [0.25, 0.3) is 0 Å². The molecule has 1 N–H and O–H groups in total. The van der Waals surface area contributed by atoms with Crippen LogP contribution in [0.1, 0.15) is 12.8 Å². The van der Waals surface area contributed by atoms with E-state index < -0.39 is 0 Å². The zero-order valence-electron chi connectivity index (χ0n) is 16.6. The van der Waals surface area contributed by atoms with Crippen LogP contribution in [-0.4, -0.2) is 40.1 Å². The van der Waals surface area contributed by atoms with Gasteiger partial charge in [-0.05, 0) is 37.1 Å². The molecule has 0 aliphatic carbocycles. The average molecular weight is 426 g/mol. The molecular formula is C22H24ClN5O2. The number of hydrogen-bond donors (Lipinski definition) is 1. The Hall–Kier alpha value is -3.06. The minimum atomic E-state index is -0.0347. The van der Waals surface area contributed by atoms with E-state index in [-0.39, 0.29) is 11.8 Å². The normalized spacial score (nSPS) is 14.5. The van der Waals surface area contributed by atoms with E-state index in [1.807, 2.05) is 47.2 Å². The number of carbonyl (C=O) groups is 1. The van der Waals surface area contributed by atoms with E-state index in [2.05, 4.69) is 20.2 Å². The second-order valence-electron chi connectivity index (χ2n) is 7.23. The number of anilines is 2. The van der Waals surface area contributed by atoms with Crippen molar-refractivity contribution in [3.63, 3.8) is 0 Å². The smallest absolute Gasteiger partial charge is 0.227 e. The van der Waals surface area contributed by atoms with Crippen molar-refractivity contribution in [3.8, 4) is 5.75 Å². The van der Waals surface area contributed by atoms with Crippen molar-refractivity contribution in [3.05, 3.63) is 66.3 Å². The number of amides is 1. The summed E-state index contributed by atoms with van der Waals surface area (Å²) in [5.74, 6) is 1.57. The maximum absolute atomic E-state index is 12.8. The summed E-state index contributed by atoms with van der Waals surface area (Å²) in [6.45, 7) is 2.76. The SMILES string of the molecule is O=C(Nc1ccccc1OCCn1ccnc1)C1CCN(c2ccc(Cl)cn2)CC1. The van der Waals surface area contributed by atoms with Crippen LogP contribution in [0.3, 0.4) is 0 Å². The van der Waals surface area contributed by atoms with E-state index in [1.54, 1.807) is 18.7 Å². The summed E-state index contributed by atoms with van der Waals surface area (Å²) >= 11 is 5.91. The van der Waals surface area contributed by atoms with Crippen molar-refractivity contribution in [1.82, 2.24) is 14.5 Å². The molecule has 3 heterocycles. The van der Waals surface area contributed by atoms with Gasteiger partial charge in [0.15, 0.2) is 0 Å². The number of nitrogens with zero attached hydrogens (tertiary/aromatic N) is 4. The van der Waals surface area contributed by atoms with Crippen molar-refractivity contribution >= 4 is 29.0 Å². The number of carbonyl (C=O) groups excluding carboxylic acids is 1. The molecule has 0 radical (unpaired) electrons. The zero-order chi connectivity index (χ0) is 20.8. The zero-order valence-corrected chi connectivity index (χ0v) is 17.3. The van der Waals surface area contributed by atoms with Crippen LogP contribution in [0.2, 0.25) is 5.02 Å². The van der Waals surface area contributed by atoms with Crippen LogP contribution in [0.4, 0.5) is 11.5 Å². The maximum Gasteiger partial charge on any atom is 0.227 e. The molecule has 0 bridgehead atoms. The summed E-state index contributed by atoms with van der Waals surface area (Å²) < 4.78 is 7.84. The first-order chi connectivity index (χ1) is 14.7. The lowest BCUT2D eigenvalue weighted by Gasteiger charge is -2.32. The van der Waals surface area contributed by atoms with E-state index in [1.165, 1.54) is 0 Å². The molecule has 3 aromatic rings. The van der Waals surface area contributed by atoms with Crippen LogP contribution in [0, 0.1) is 5.92 Å². The third-order valence-electron chi connectivity index (χ3n) is 5.21. The van der Waals surface area contributed by atoms with Gasteiger partial charge in [-0.15, -0.1) is 0 Å². The number of benzene rings is 1. The Labute approximate surface area is 180 Å². The van der Waals surface area contributed by atoms with Crippen LogP contribution in [0.25, 0.3) is 0 Å². The van der Waals surface area contributed by atoms with Gasteiger partial charge in [0, 0.05) is 37.6 Å². The topological polar surface area (TPSA) is 72.3 Å². The lowest BCUT2D eigenvalue weighted by Crippen LogP contribution is -2.38. The molecule has 1 aromatic carbocycles. The minimum Gasteiger partial charge on any atom is -0.490 e. The second-order valence-corrected chi connectivity index (χ2v) is 7.67. The van der Waals surface area contributed by atoms with Crippen molar-refractivity contribution in [2.75, 3.05) is 29.9 Å². The highest BCUT2D eigenvalue weighted by Crippen LogP contribution is 2.27. The quantitative estimate of drug-likeness (QED) is 0.622. The van der Waals surface area contributed by atoms with Gasteiger partial charge in [0.05, 0.1) is 23.6 Å². The lowest BCUT2D eigenvalue weighted by molar-refractivity contribution is -0.120. The summed E-state index contributed by atoms with van der Waals surface area (Å²) in [6.07, 6.45) is 8.59. The van der Waals surface area contributed by atoms with Gasteiger partial charge >= 0.3 is 0 Å². The molecule has 1 aliphatic rings. The fourth-order valence-electron chi connectivity index (χ4n) is 3.54. The molecule has 8 heteroatoms. The molecule has 4 rings (SSSR count). The van der Waals surface area contributed by atoms with Gasteiger partial charge in [-0.1, -0.05) is 23.7 Å². The largest absolute Gasteiger partial charge is 0.490 e. The third-order valence-corrected chi connectivity index (χ3v) is 5.44. The van der Waals surface area contributed by atoms with E-state index >= 15 is 0 Å². The first kappa shape index (κ1) is 20.2. The predicted molar refractivity (Wildman–Crippen MR) is 117 cm³/mol. The first-order valence-corrected chi connectivity index (χ1v) is 10.4. The molecular weight excluding hydrogens is 402 g/mol. The summed E-state index contributed by atoms with van der Waals surface area (Å²) in [6, 6.07) is 11.3. The van der Waals surface area contributed by atoms with Gasteiger partial charge in [0.1, 0.15) is 18.2 Å². The number of aromatic nitrogens is 3. The molecule has 0 atom stereocenters. The third kappa shape index (κ3) is 5.10. The highest BCUT2D eigenvalue weighted by atomic mass is 35.5. The standard InChI is InChI=1S/C22H24ClN5O2/c23-18-5-6-21(25-15-18)28-10-7-17(8-11-28)22(29)26-19-3-1-2-4-20(19)30-14-13-27-12-9-24-16-27/h1-6,9,12,15-17H,7-8,10-11,13-14H2,(H,26,29). The van der Waals surface area contributed by atoms with Gasteiger partial charge in [-0.3, -0.25) is 4.79 Å². The number of halogens is 1. The minimum absolute atomic E-state index is 0.0318. The summed E-state index contributed by atoms with van der Waals surface area (Å²) in [7, 11) is 0. The number of para-hydroxylation sites is 2. The molecule has 7 nitrogen and oxygen atoms in total. The Morgan fingerprint density at radius 1 is 1.20 bits per heavy atom. The molecule has 0 spiro atoms. The molecule has 1 amide bonds. The first-order valence-electron chi connectivity index (χ1n) is 10.0. The number of hydrogen-bond acceptors (Lipinski definition) is 5. The number of imidazole rings is 1. The predicted octanol–water partition coefficient (Wildman–Crippen LogP) is 3.87. The number of pyridine rings is 1. The fourth-order valence-corrected chi connectivity index (χ4v) is 3.65. The van der Waals surface area contributed by atoms with Gasteiger partial charge in [-0.25, -0.2) is 9.97 Å². The Bertz CT molecular complexity index is 954. The van der Waals surface area contributed by atoms with Crippen LogP contribution >= 0.6 is 11.6 Å². The Morgan fingerprint density at radius 2 is 2.03 bits per heavy atom. The molecule has 1 aliphatic heterocycles. The van der Waals surface area contributed by atoms with E-state index in [0.717, 1.165) is 31.7 Å².